The number of H-pyrrole nitrogens is 1. The molecule has 158 valence electrons. The van der Waals surface area contributed by atoms with Crippen molar-refractivity contribution >= 4 is 34.5 Å². The Balaban J connectivity index is 1.49. The van der Waals surface area contributed by atoms with E-state index in [4.69, 9.17) is 4.74 Å². The lowest BCUT2D eigenvalue weighted by atomic mass is 9.81. The number of imide groups is 1. The van der Waals surface area contributed by atoms with Crippen molar-refractivity contribution in [2.24, 2.45) is 11.8 Å². The van der Waals surface area contributed by atoms with Crippen LogP contribution in [0.15, 0.2) is 24.3 Å². The third kappa shape index (κ3) is 3.22. The van der Waals surface area contributed by atoms with Crippen LogP contribution in [0, 0.1) is 18.8 Å². The number of ketones is 1. The fourth-order valence-electron chi connectivity index (χ4n) is 4.80. The van der Waals surface area contributed by atoms with Gasteiger partial charge in [0, 0.05) is 22.2 Å². The predicted octanol–water partition coefficient (Wildman–Crippen LogP) is 3.15. The van der Waals surface area contributed by atoms with Crippen LogP contribution in [0.1, 0.15) is 55.6 Å². The first kappa shape index (κ1) is 20.3. The number of ether oxygens (including phenoxy) is 1. The Bertz CT molecular complexity index is 1020. The zero-order valence-corrected chi connectivity index (χ0v) is 17.4. The molecule has 0 radical (unpaired) electrons. The van der Waals surface area contributed by atoms with E-state index < -0.39 is 18.1 Å². The number of hydrogen-bond acceptors (Lipinski definition) is 5. The van der Waals surface area contributed by atoms with E-state index >= 15 is 0 Å². The van der Waals surface area contributed by atoms with E-state index in [1.165, 1.54) is 13.8 Å². The molecule has 0 spiro atoms. The number of aromatic nitrogens is 1. The molecule has 30 heavy (non-hydrogen) atoms. The number of rotatable bonds is 5. The molecular weight excluding hydrogens is 384 g/mol. The third-order valence-electron chi connectivity index (χ3n) is 6.41. The molecular formula is C23H26N2O5. The average Bonchev–Trinajstić information content (AvgIpc) is 3.20. The van der Waals surface area contributed by atoms with E-state index in [1.54, 1.807) is 6.92 Å². The largest absolute Gasteiger partial charge is 0.453 e. The van der Waals surface area contributed by atoms with E-state index in [0.717, 1.165) is 28.6 Å². The summed E-state index contributed by atoms with van der Waals surface area (Å²) in [6, 6.07) is 6.39. The Hall–Kier alpha value is -2.96. The molecule has 1 aromatic carbocycles. The summed E-state index contributed by atoms with van der Waals surface area (Å²) in [7, 11) is 0. The molecule has 2 fully saturated rings. The summed E-state index contributed by atoms with van der Waals surface area (Å²) in [5.41, 5.74) is 2.02. The molecule has 2 aromatic rings. The first-order chi connectivity index (χ1) is 14.3. The molecule has 1 saturated heterocycles. The maximum absolute atomic E-state index is 13.0. The van der Waals surface area contributed by atoms with Crippen LogP contribution in [-0.2, 0) is 19.1 Å². The Morgan fingerprint density at radius 2 is 1.67 bits per heavy atom. The van der Waals surface area contributed by atoms with Crippen molar-refractivity contribution < 1.29 is 23.9 Å². The van der Waals surface area contributed by atoms with Crippen molar-refractivity contribution in [2.45, 2.75) is 58.6 Å². The van der Waals surface area contributed by atoms with Gasteiger partial charge in [0.2, 0.25) is 17.6 Å². The number of carbonyl (C=O) groups excluding carboxylic acids is 4. The summed E-state index contributed by atoms with van der Waals surface area (Å²) in [6.07, 6.45) is 2.17. The van der Waals surface area contributed by atoms with Crippen LogP contribution in [0.3, 0.4) is 0 Å². The van der Waals surface area contributed by atoms with Gasteiger partial charge in [-0.2, -0.15) is 0 Å². The topological polar surface area (TPSA) is 96.5 Å². The zero-order chi connectivity index (χ0) is 21.6. The van der Waals surface area contributed by atoms with Gasteiger partial charge in [-0.25, -0.2) is 4.79 Å². The monoisotopic (exact) mass is 410 g/mol. The van der Waals surface area contributed by atoms with Crippen molar-refractivity contribution in [3.63, 3.8) is 0 Å². The van der Waals surface area contributed by atoms with Crippen LogP contribution in [-0.4, -0.2) is 45.6 Å². The Kier molecular flexibility index (Phi) is 5.22. The highest BCUT2D eigenvalue weighted by atomic mass is 16.5. The Labute approximate surface area is 174 Å². The molecule has 1 aliphatic heterocycles. The number of Topliss-reactive ketones (excluding diaryl/α,β-unsaturated/α-hetero) is 1. The maximum Gasteiger partial charge on any atom is 0.329 e. The standard InChI is InChI=1S/C23H26N2O5/c1-12-19(17-10-6-7-11-18(17)24-12)20(26)14(3)30-23(29)13(2)25-21(27)15-8-4-5-9-16(15)22(25)28/h6-7,10-11,13-16,24H,4-5,8-9H2,1-3H3/t13-,14?,15?,16?/m0/s1. The highest BCUT2D eigenvalue weighted by molar-refractivity contribution is 6.12. The number of nitrogens with one attached hydrogen (secondary N) is 1. The molecule has 4 atom stereocenters. The van der Waals surface area contributed by atoms with Gasteiger partial charge >= 0.3 is 5.97 Å². The lowest BCUT2D eigenvalue weighted by Gasteiger charge is -2.23. The molecule has 0 bridgehead atoms. The summed E-state index contributed by atoms with van der Waals surface area (Å²) >= 11 is 0. The normalized spacial score (nSPS) is 23.4. The number of fused-ring (bicyclic) bond motifs is 2. The highest BCUT2D eigenvalue weighted by Gasteiger charge is 2.51. The van der Waals surface area contributed by atoms with Crippen LogP contribution in [0.5, 0.6) is 0 Å². The van der Waals surface area contributed by atoms with Gasteiger partial charge in [-0.05, 0) is 39.7 Å². The smallest absolute Gasteiger partial charge is 0.329 e. The number of hydrogen-bond donors (Lipinski definition) is 1. The lowest BCUT2D eigenvalue weighted by molar-refractivity contribution is -0.159. The van der Waals surface area contributed by atoms with Crippen LogP contribution in [0.4, 0.5) is 0 Å². The van der Waals surface area contributed by atoms with Crippen LogP contribution in [0.2, 0.25) is 0 Å². The second kappa shape index (κ2) is 7.70. The molecule has 1 saturated carbocycles. The zero-order valence-electron chi connectivity index (χ0n) is 17.4. The molecule has 7 heteroatoms. The number of para-hydroxylation sites is 1. The van der Waals surface area contributed by atoms with Gasteiger partial charge in [0.05, 0.1) is 11.8 Å². The molecule has 1 aliphatic carbocycles. The van der Waals surface area contributed by atoms with Crippen molar-refractivity contribution in [2.75, 3.05) is 0 Å². The van der Waals surface area contributed by atoms with E-state index in [2.05, 4.69) is 4.98 Å². The van der Waals surface area contributed by atoms with Crippen molar-refractivity contribution in [3.8, 4) is 0 Å². The number of aromatic amines is 1. The Morgan fingerprint density at radius 3 is 2.30 bits per heavy atom. The van der Waals surface area contributed by atoms with Gasteiger partial charge in [-0.3, -0.25) is 19.3 Å². The summed E-state index contributed by atoms with van der Waals surface area (Å²) in [5, 5.41) is 0.768. The maximum atomic E-state index is 13.0. The fourth-order valence-corrected chi connectivity index (χ4v) is 4.80. The van der Waals surface area contributed by atoms with Crippen molar-refractivity contribution in [1.82, 2.24) is 9.88 Å². The predicted molar refractivity (Wildman–Crippen MR) is 110 cm³/mol. The Morgan fingerprint density at radius 1 is 1.07 bits per heavy atom. The molecule has 2 aliphatic rings. The molecule has 1 N–H and O–H groups in total. The molecule has 2 amide bonds. The third-order valence-corrected chi connectivity index (χ3v) is 6.41. The number of carbonyl (C=O) groups is 4. The molecule has 3 unspecified atom stereocenters. The number of aryl methyl sites for hydroxylation is 1. The minimum absolute atomic E-state index is 0.291. The summed E-state index contributed by atoms with van der Waals surface area (Å²) < 4.78 is 5.42. The number of amides is 2. The van der Waals surface area contributed by atoms with Gasteiger partial charge in [-0.1, -0.05) is 31.0 Å². The highest BCUT2D eigenvalue weighted by Crippen LogP contribution is 2.39. The first-order valence-electron chi connectivity index (χ1n) is 10.5. The van der Waals surface area contributed by atoms with Gasteiger partial charge in [-0.15, -0.1) is 0 Å². The van der Waals surface area contributed by atoms with E-state index in [1.807, 2.05) is 24.3 Å². The number of esters is 1. The molecule has 4 rings (SSSR count). The summed E-state index contributed by atoms with van der Waals surface area (Å²) in [5.74, 6) is -2.29. The van der Waals surface area contributed by atoms with Crippen LogP contribution in [0.25, 0.3) is 10.9 Å². The quantitative estimate of drug-likeness (QED) is 0.464. The lowest BCUT2D eigenvalue weighted by Crippen LogP contribution is -2.45. The summed E-state index contributed by atoms with van der Waals surface area (Å²) in [6.45, 7) is 4.80. The second-order valence-corrected chi connectivity index (χ2v) is 8.33. The first-order valence-corrected chi connectivity index (χ1v) is 10.5. The number of likely N-dealkylation sites (tertiary alicyclic amines) is 1. The molecule has 1 aromatic heterocycles. The number of nitrogens with zero attached hydrogens (tertiary/aromatic N) is 1. The summed E-state index contributed by atoms with van der Waals surface area (Å²) in [4.78, 5) is 55.4. The molecule has 2 heterocycles. The SMILES string of the molecule is Cc1[nH]c2ccccc2c1C(=O)C(C)OC(=O)[C@H](C)N1C(=O)C2CCCCC2C1=O. The van der Waals surface area contributed by atoms with Gasteiger partial charge in [0.1, 0.15) is 6.04 Å². The van der Waals surface area contributed by atoms with Gasteiger partial charge < -0.3 is 9.72 Å². The van der Waals surface area contributed by atoms with Gasteiger partial charge in [0.15, 0.2) is 6.10 Å². The van der Waals surface area contributed by atoms with Crippen molar-refractivity contribution in [1.29, 1.82) is 0 Å². The average molecular weight is 410 g/mol. The van der Waals surface area contributed by atoms with Crippen molar-refractivity contribution in [3.05, 3.63) is 35.5 Å². The minimum Gasteiger partial charge on any atom is -0.453 e. The number of benzene rings is 1. The van der Waals surface area contributed by atoms with E-state index in [0.29, 0.717) is 24.1 Å². The molecule has 7 nitrogen and oxygen atoms in total. The van der Waals surface area contributed by atoms with Gasteiger partial charge in [0.25, 0.3) is 0 Å². The second-order valence-electron chi connectivity index (χ2n) is 8.33. The van der Waals surface area contributed by atoms with Crippen LogP contribution < -0.4 is 0 Å². The fraction of sp³-hybridized carbons (Fsp3) is 0.478. The van der Waals surface area contributed by atoms with E-state index in [-0.39, 0.29) is 29.4 Å². The van der Waals surface area contributed by atoms with Crippen LogP contribution >= 0.6 is 0 Å². The van der Waals surface area contributed by atoms with E-state index in [9.17, 15) is 19.2 Å². The minimum atomic E-state index is -1.05.